The Morgan fingerprint density at radius 2 is 1.74 bits per heavy atom. The van der Waals surface area contributed by atoms with Crippen LogP contribution in [0.25, 0.3) is 6.08 Å². The molecule has 7 nitrogen and oxygen atoms in total. The number of hydrogen-bond donors (Lipinski definition) is 1. The van der Waals surface area contributed by atoms with Crippen LogP contribution in [0.4, 0.5) is 5.69 Å². The molecule has 232 valence electrons. The van der Waals surface area contributed by atoms with E-state index in [1.54, 1.807) is 18.6 Å². The van der Waals surface area contributed by atoms with Crippen LogP contribution in [0.3, 0.4) is 0 Å². The van der Waals surface area contributed by atoms with Gasteiger partial charge in [0, 0.05) is 10.7 Å². The summed E-state index contributed by atoms with van der Waals surface area (Å²) in [6.45, 7) is 2.21. The first-order valence-corrected chi connectivity index (χ1v) is 17.5. The number of allylic oxidation sites excluding steroid dienone is 1. The van der Waals surface area contributed by atoms with E-state index < -0.39 is 6.04 Å². The molecule has 5 aromatic rings. The maximum Gasteiger partial charge on any atom is 0.271 e. The van der Waals surface area contributed by atoms with Gasteiger partial charge in [0.1, 0.15) is 18.1 Å². The first-order valence-electron chi connectivity index (χ1n) is 14.1. The van der Waals surface area contributed by atoms with Gasteiger partial charge in [-0.15, -0.1) is 0 Å². The van der Waals surface area contributed by atoms with Crippen LogP contribution in [0, 0.1) is 7.14 Å². The summed E-state index contributed by atoms with van der Waals surface area (Å²) < 4.78 is 15.6. The standard InChI is InChI=1S/C35H26ClI2N3O4S/c1-20-30(33(42)40-25-8-4-3-5-9-25)31(23-7-6-10-26(18-23)44-2)41-34(43)29(46-35(41)39-20)17-22-15-27(37)32(28(38)16-22)45-19-21-11-13-24(36)14-12-21/h3-18,31H,19H2,1-2H3,(H,40,42)/b29-17-/t31-/m1/s1. The molecule has 0 radical (unpaired) electrons. The van der Waals surface area contributed by atoms with Gasteiger partial charge in [-0.2, -0.15) is 0 Å². The minimum absolute atomic E-state index is 0.234. The summed E-state index contributed by atoms with van der Waals surface area (Å²) >= 11 is 11.8. The summed E-state index contributed by atoms with van der Waals surface area (Å²) in [4.78, 5) is 33.2. The third-order valence-electron chi connectivity index (χ3n) is 7.32. The molecule has 1 amide bonds. The number of benzene rings is 4. The second-order valence-electron chi connectivity index (χ2n) is 10.4. The lowest BCUT2D eigenvalue weighted by Crippen LogP contribution is -2.40. The molecule has 11 heteroatoms. The molecule has 0 saturated heterocycles. The maximum atomic E-state index is 14.2. The number of aromatic nitrogens is 1. The Morgan fingerprint density at radius 3 is 2.43 bits per heavy atom. The van der Waals surface area contributed by atoms with E-state index in [0.29, 0.717) is 43.7 Å². The molecule has 0 saturated carbocycles. The second-order valence-corrected chi connectivity index (χ2v) is 14.2. The van der Waals surface area contributed by atoms with E-state index in [-0.39, 0.29) is 11.5 Å². The number of thiazole rings is 1. The van der Waals surface area contributed by atoms with Gasteiger partial charge >= 0.3 is 0 Å². The Bertz CT molecular complexity index is 2140. The first kappa shape index (κ1) is 32.5. The largest absolute Gasteiger partial charge is 0.497 e. The predicted octanol–water partition coefficient (Wildman–Crippen LogP) is 7.32. The summed E-state index contributed by atoms with van der Waals surface area (Å²) in [7, 11) is 1.59. The molecule has 0 bridgehead atoms. The minimum atomic E-state index is -0.707. The van der Waals surface area contributed by atoms with Crippen molar-refractivity contribution in [2.75, 3.05) is 12.4 Å². The van der Waals surface area contributed by atoms with E-state index in [1.165, 1.54) is 11.3 Å². The van der Waals surface area contributed by atoms with Crippen LogP contribution in [0.15, 0.2) is 112 Å². The van der Waals surface area contributed by atoms with Crippen LogP contribution in [0.2, 0.25) is 5.02 Å². The zero-order valence-corrected chi connectivity index (χ0v) is 30.5. The molecule has 1 N–H and O–H groups in total. The highest BCUT2D eigenvalue weighted by Crippen LogP contribution is 2.33. The number of ether oxygens (including phenoxy) is 2. The highest BCUT2D eigenvalue weighted by molar-refractivity contribution is 14.1. The predicted molar refractivity (Wildman–Crippen MR) is 199 cm³/mol. The topological polar surface area (TPSA) is 81.9 Å². The number of methoxy groups -OCH3 is 1. The third kappa shape index (κ3) is 6.94. The molecular weight excluding hydrogens is 848 g/mol. The molecule has 0 unspecified atom stereocenters. The summed E-state index contributed by atoms with van der Waals surface area (Å²) in [6.07, 6.45) is 1.86. The number of nitrogens with one attached hydrogen (secondary N) is 1. The van der Waals surface area contributed by atoms with Gasteiger partial charge in [-0.3, -0.25) is 14.2 Å². The molecule has 0 fully saturated rings. The minimum Gasteiger partial charge on any atom is -0.497 e. The van der Waals surface area contributed by atoms with Crippen molar-refractivity contribution in [1.29, 1.82) is 0 Å². The zero-order chi connectivity index (χ0) is 32.4. The van der Waals surface area contributed by atoms with Crippen molar-refractivity contribution in [3.05, 3.63) is 151 Å². The first-order chi connectivity index (χ1) is 22.2. The summed E-state index contributed by atoms with van der Waals surface area (Å²) in [5.74, 6) is 1.07. The normalized spacial score (nSPS) is 14.5. The molecule has 46 heavy (non-hydrogen) atoms. The number of hydrogen-bond acceptors (Lipinski definition) is 6. The molecule has 1 aromatic heterocycles. The van der Waals surface area contributed by atoms with Gasteiger partial charge in [0.25, 0.3) is 11.5 Å². The number of amides is 1. The average molecular weight is 874 g/mol. The molecular formula is C35H26ClI2N3O4S. The molecule has 2 heterocycles. The number of carbonyl (C=O) groups excluding carboxylic acids is 1. The summed E-state index contributed by atoms with van der Waals surface area (Å²) in [5, 5.41) is 3.66. The maximum absolute atomic E-state index is 14.2. The monoisotopic (exact) mass is 873 g/mol. The van der Waals surface area contributed by atoms with Gasteiger partial charge in [-0.1, -0.05) is 65.4 Å². The van der Waals surface area contributed by atoms with Gasteiger partial charge in [0.05, 0.1) is 36.1 Å². The smallest absolute Gasteiger partial charge is 0.271 e. The second kappa shape index (κ2) is 14.1. The number of carbonyl (C=O) groups is 1. The van der Waals surface area contributed by atoms with Crippen molar-refractivity contribution in [2.45, 2.75) is 19.6 Å². The van der Waals surface area contributed by atoms with Crippen LogP contribution in [0.5, 0.6) is 11.5 Å². The van der Waals surface area contributed by atoms with Gasteiger partial charge < -0.3 is 14.8 Å². The molecule has 1 aliphatic heterocycles. The Hall–Kier alpha value is -3.46. The van der Waals surface area contributed by atoms with Crippen molar-refractivity contribution in [1.82, 2.24) is 4.57 Å². The zero-order valence-electron chi connectivity index (χ0n) is 24.6. The summed E-state index contributed by atoms with van der Waals surface area (Å²) in [5.41, 5.74) is 3.96. The van der Waals surface area contributed by atoms with Gasteiger partial charge in [0.15, 0.2) is 4.80 Å². The SMILES string of the molecule is COc1cccc([C@@H]2C(C(=O)Nc3ccccc3)=C(C)N=c3s/c(=C\c4cc(I)c(OCc5ccc(Cl)cc5)c(I)c4)c(=O)n32)c1. The number of anilines is 1. The quantitative estimate of drug-likeness (QED) is 0.166. The number of halogens is 3. The fourth-order valence-electron chi connectivity index (χ4n) is 5.15. The summed E-state index contributed by atoms with van der Waals surface area (Å²) in [6, 6.07) is 27.5. The lowest BCUT2D eigenvalue weighted by atomic mass is 9.95. The van der Waals surface area contributed by atoms with Crippen molar-refractivity contribution in [3.63, 3.8) is 0 Å². The van der Waals surface area contributed by atoms with E-state index in [4.69, 9.17) is 26.1 Å². The Balaban J connectivity index is 1.39. The van der Waals surface area contributed by atoms with Crippen molar-refractivity contribution in [2.24, 2.45) is 4.99 Å². The fraction of sp³-hybridized carbons (Fsp3) is 0.114. The van der Waals surface area contributed by atoms with Gasteiger partial charge in [0.2, 0.25) is 0 Å². The highest BCUT2D eigenvalue weighted by Gasteiger charge is 2.32. The van der Waals surface area contributed by atoms with E-state index in [1.807, 2.05) is 97.1 Å². The number of nitrogens with zero attached hydrogens (tertiary/aromatic N) is 2. The lowest BCUT2D eigenvalue weighted by Gasteiger charge is -2.25. The lowest BCUT2D eigenvalue weighted by molar-refractivity contribution is -0.113. The van der Waals surface area contributed by atoms with Crippen LogP contribution < -0.4 is 29.7 Å². The number of rotatable bonds is 8. The fourth-order valence-corrected chi connectivity index (χ4v) is 8.45. The Kier molecular flexibility index (Phi) is 9.97. The third-order valence-corrected chi connectivity index (χ3v) is 10.2. The van der Waals surface area contributed by atoms with Crippen LogP contribution in [-0.4, -0.2) is 17.6 Å². The van der Waals surface area contributed by atoms with E-state index in [9.17, 15) is 9.59 Å². The van der Waals surface area contributed by atoms with Crippen LogP contribution in [-0.2, 0) is 11.4 Å². The molecule has 1 aliphatic rings. The molecule has 1 atom stereocenters. The highest BCUT2D eigenvalue weighted by atomic mass is 127. The molecule has 6 rings (SSSR count). The van der Waals surface area contributed by atoms with Gasteiger partial charge in [-0.05, 0) is 123 Å². The van der Waals surface area contributed by atoms with Gasteiger partial charge in [-0.25, -0.2) is 4.99 Å². The molecule has 0 spiro atoms. The van der Waals surface area contributed by atoms with Crippen LogP contribution in [0.1, 0.15) is 29.7 Å². The Morgan fingerprint density at radius 1 is 1.02 bits per heavy atom. The van der Waals surface area contributed by atoms with E-state index >= 15 is 0 Å². The average Bonchev–Trinajstić information content (AvgIpc) is 3.34. The van der Waals surface area contributed by atoms with Crippen molar-refractivity contribution >= 4 is 85.8 Å². The Labute approximate surface area is 301 Å². The number of para-hydroxylation sites is 1. The van der Waals surface area contributed by atoms with Crippen molar-refractivity contribution in [3.8, 4) is 11.5 Å². The van der Waals surface area contributed by atoms with Crippen molar-refractivity contribution < 1.29 is 14.3 Å². The van der Waals surface area contributed by atoms with E-state index in [0.717, 1.165) is 29.6 Å². The number of fused-ring (bicyclic) bond motifs is 1. The molecule has 4 aromatic carbocycles. The van der Waals surface area contributed by atoms with E-state index in [2.05, 4.69) is 50.5 Å². The molecule has 0 aliphatic carbocycles. The van der Waals surface area contributed by atoms with Crippen LogP contribution >= 0.6 is 68.1 Å².